The van der Waals surface area contributed by atoms with Gasteiger partial charge in [-0.1, -0.05) is 6.07 Å². The zero-order valence-electron chi connectivity index (χ0n) is 10.00. The van der Waals surface area contributed by atoms with Crippen LogP contribution in [0.2, 0.25) is 0 Å². The van der Waals surface area contributed by atoms with Crippen LogP contribution < -0.4 is 22.5 Å². The van der Waals surface area contributed by atoms with Gasteiger partial charge in [-0.05, 0) is 36.4 Å². The zero-order valence-corrected chi connectivity index (χ0v) is 12.4. The van der Waals surface area contributed by atoms with Crippen molar-refractivity contribution in [3.8, 4) is 0 Å². The van der Waals surface area contributed by atoms with Gasteiger partial charge < -0.3 is 22.5 Å². The zero-order chi connectivity index (χ0) is 11.5. The van der Waals surface area contributed by atoms with Crippen LogP contribution >= 0.6 is 37.2 Å². The highest BCUT2D eigenvalue weighted by Crippen LogP contribution is 2.23. The third kappa shape index (κ3) is 5.34. The first-order chi connectivity index (χ1) is 7.65. The van der Waals surface area contributed by atoms with E-state index >= 15 is 0 Å². The maximum Gasteiger partial charge on any atom is 0.0568 e. The van der Waals surface area contributed by atoms with E-state index in [9.17, 15) is 0 Å². The minimum atomic E-state index is 0. The Balaban J connectivity index is 0. The van der Waals surface area contributed by atoms with Crippen molar-refractivity contribution in [1.82, 2.24) is 0 Å². The van der Waals surface area contributed by atoms with E-state index in [0.717, 1.165) is 11.4 Å². The Hall–Kier alpha value is -1.49. The summed E-state index contributed by atoms with van der Waals surface area (Å²) in [6.45, 7) is 0. The van der Waals surface area contributed by atoms with E-state index in [1.54, 1.807) is 12.1 Å². The molecule has 4 nitrogen and oxygen atoms in total. The van der Waals surface area contributed by atoms with Crippen LogP contribution in [0.4, 0.5) is 28.4 Å². The number of anilines is 5. The van der Waals surface area contributed by atoms with Gasteiger partial charge in [0.2, 0.25) is 0 Å². The van der Waals surface area contributed by atoms with Gasteiger partial charge in [0, 0.05) is 17.1 Å². The molecule has 0 saturated carbocycles. The van der Waals surface area contributed by atoms with Crippen LogP contribution in [0, 0.1) is 0 Å². The Labute approximate surface area is 131 Å². The molecular weight excluding hydrogens is 307 g/mol. The van der Waals surface area contributed by atoms with E-state index in [1.807, 2.05) is 30.3 Å². The van der Waals surface area contributed by atoms with Crippen molar-refractivity contribution in [3.63, 3.8) is 0 Å². The van der Waals surface area contributed by atoms with Gasteiger partial charge in [-0.3, -0.25) is 0 Å². The number of halogens is 3. The predicted octanol–water partition coefficient (Wildman–Crippen LogP) is 3.44. The standard InChI is InChI=1S/C12H14N4.3ClH/c13-8-2-1-3-9(6-8)16-10-4-5-11(14)12(15)7-10;;;/h1-7,16H,13-15H2;3*1H. The fraction of sp³-hybridized carbons (Fsp3) is 0. The molecular formula is C12H17Cl3N4. The molecule has 2 aromatic rings. The van der Waals surface area contributed by atoms with Crippen molar-refractivity contribution in [2.24, 2.45) is 0 Å². The monoisotopic (exact) mass is 322 g/mol. The fourth-order valence-corrected chi connectivity index (χ4v) is 1.44. The molecule has 106 valence electrons. The van der Waals surface area contributed by atoms with Crippen molar-refractivity contribution >= 4 is 65.7 Å². The molecule has 0 saturated heterocycles. The quantitative estimate of drug-likeness (QED) is 0.637. The lowest BCUT2D eigenvalue weighted by atomic mass is 10.2. The molecule has 0 radical (unpaired) electrons. The molecule has 19 heavy (non-hydrogen) atoms. The second-order valence-electron chi connectivity index (χ2n) is 3.59. The third-order valence-corrected chi connectivity index (χ3v) is 2.26. The Morgan fingerprint density at radius 1 is 0.684 bits per heavy atom. The van der Waals surface area contributed by atoms with E-state index in [2.05, 4.69) is 5.32 Å². The van der Waals surface area contributed by atoms with Crippen molar-refractivity contribution in [2.75, 3.05) is 22.5 Å². The van der Waals surface area contributed by atoms with Crippen LogP contribution in [0.1, 0.15) is 0 Å². The molecule has 0 atom stereocenters. The molecule has 0 aliphatic rings. The van der Waals surface area contributed by atoms with E-state index in [0.29, 0.717) is 17.1 Å². The molecule has 0 unspecified atom stereocenters. The van der Waals surface area contributed by atoms with Gasteiger partial charge in [-0.15, -0.1) is 37.2 Å². The van der Waals surface area contributed by atoms with E-state index < -0.39 is 0 Å². The van der Waals surface area contributed by atoms with Crippen LogP contribution in [0.25, 0.3) is 0 Å². The van der Waals surface area contributed by atoms with Crippen molar-refractivity contribution < 1.29 is 0 Å². The Bertz CT molecular complexity index is 520. The number of benzene rings is 2. The number of hydrogen-bond donors (Lipinski definition) is 4. The summed E-state index contributed by atoms with van der Waals surface area (Å²) in [5.74, 6) is 0. The second kappa shape index (κ2) is 8.58. The highest BCUT2D eigenvalue weighted by Gasteiger charge is 1.98. The van der Waals surface area contributed by atoms with Crippen molar-refractivity contribution in [1.29, 1.82) is 0 Å². The summed E-state index contributed by atoms with van der Waals surface area (Å²) >= 11 is 0. The van der Waals surface area contributed by atoms with Crippen LogP contribution in [0.3, 0.4) is 0 Å². The Morgan fingerprint density at radius 3 is 1.89 bits per heavy atom. The summed E-state index contributed by atoms with van der Waals surface area (Å²) < 4.78 is 0. The van der Waals surface area contributed by atoms with Crippen LogP contribution in [-0.2, 0) is 0 Å². The molecule has 0 aromatic heterocycles. The summed E-state index contributed by atoms with van der Waals surface area (Å²) in [4.78, 5) is 0. The molecule has 2 aromatic carbocycles. The summed E-state index contributed by atoms with van der Waals surface area (Å²) in [5.41, 5.74) is 20.7. The van der Waals surface area contributed by atoms with Gasteiger partial charge in [0.15, 0.2) is 0 Å². The van der Waals surface area contributed by atoms with Crippen LogP contribution in [-0.4, -0.2) is 0 Å². The molecule has 0 aliphatic heterocycles. The van der Waals surface area contributed by atoms with Gasteiger partial charge in [-0.25, -0.2) is 0 Å². The number of rotatable bonds is 2. The second-order valence-corrected chi connectivity index (χ2v) is 3.59. The lowest BCUT2D eigenvalue weighted by Gasteiger charge is -2.08. The average Bonchev–Trinajstić information content (AvgIpc) is 2.24. The summed E-state index contributed by atoms with van der Waals surface area (Å²) in [6.07, 6.45) is 0. The number of hydrogen-bond acceptors (Lipinski definition) is 4. The Kier molecular flexibility index (Phi) is 8.96. The SMILES string of the molecule is Cl.Cl.Cl.Nc1cccc(Nc2ccc(N)c(N)c2)c1. The highest BCUT2D eigenvalue weighted by atomic mass is 35.5. The van der Waals surface area contributed by atoms with Crippen molar-refractivity contribution in [2.45, 2.75) is 0 Å². The van der Waals surface area contributed by atoms with Crippen LogP contribution in [0.15, 0.2) is 42.5 Å². The molecule has 0 aliphatic carbocycles. The predicted molar refractivity (Wildman–Crippen MR) is 91.1 cm³/mol. The maximum atomic E-state index is 5.71. The summed E-state index contributed by atoms with van der Waals surface area (Å²) in [7, 11) is 0. The topological polar surface area (TPSA) is 90.1 Å². The van der Waals surface area contributed by atoms with Crippen LogP contribution in [0.5, 0.6) is 0 Å². The minimum absolute atomic E-state index is 0. The van der Waals surface area contributed by atoms with Gasteiger partial charge in [0.1, 0.15) is 0 Å². The summed E-state index contributed by atoms with van der Waals surface area (Å²) in [6, 6.07) is 12.9. The molecule has 7 heteroatoms. The lowest BCUT2D eigenvalue weighted by Crippen LogP contribution is -1.97. The molecule has 0 spiro atoms. The first kappa shape index (κ1) is 19.8. The molecule has 0 heterocycles. The average molecular weight is 324 g/mol. The normalized spacial score (nSPS) is 8.42. The third-order valence-electron chi connectivity index (χ3n) is 2.26. The first-order valence-corrected chi connectivity index (χ1v) is 4.93. The van der Waals surface area contributed by atoms with Crippen molar-refractivity contribution in [3.05, 3.63) is 42.5 Å². The molecule has 0 fully saturated rings. The Morgan fingerprint density at radius 2 is 1.32 bits per heavy atom. The lowest BCUT2D eigenvalue weighted by molar-refractivity contribution is 1.54. The summed E-state index contributed by atoms with van der Waals surface area (Å²) in [5, 5.41) is 3.20. The molecule has 2 rings (SSSR count). The fourth-order valence-electron chi connectivity index (χ4n) is 1.44. The molecule has 0 amide bonds. The largest absolute Gasteiger partial charge is 0.399 e. The van der Waals surface area contributed by atoms with Gasteiger partial charge in [0.05, 0.1) is 11.4 Å². The minimum Gasteiger partial charge on any atom is -0.399 e. The van der Waals surface area contributed by atoms with E-state index in [-0.39, 0.29) is 37.2 Å². The maximum absolute atomic E-state index is 5.71. The van der Waals surface area contributed by atoms with Gasteiger partial charge in [-0.2, -0.15) is 0 Å². The van der Waals surface area contributed by atoms with E-state index in [1.165, 1.54) is 0 Å². The van der Waals surface area contributed by atoms with Gasteiger partial charge >= 0.3 is 0 Å². The molecule has 0 bridgehead atoms. The molecule has 7 N–H and O–H groups in total. The number of nitrogen functional groups attached to an aromatic ring is 3. The van der Waals surface area contributed by atoms with Gasteiger partial charge in [0.25, 0.3) is 0 Å². The first-order valence-electron chi connectivity index (χ1n) is 4.93. The highest BCUT2D eigenvalue weighted by molar-refractivity contribution is 5.86. The van der Waals surface area contributed by atoms with E-state index in [4.69, 9.17) is 17.2 Å². The number of nitrogens with one attached hydrogen (secondary N) is 1. The number of nitrogens with two attached hydrogens (primary N) is 3. The smallest absolute Gasteiger partial charge is 0.0568 e.